The van der Waals surface area contributed by atoms with Crippen molar-refractivity contribution in [2.45, 2.75) is 12.2 Å². The van der Waals surface area contributed by atoms with Gasteiger partial charge in [0.15, 0.2) is 0 Å². The number of carbonyl (C=O) groups is 1. The third-order valence-corrected chi connectivity index (χ3v) is 3.56. The van der Waals surface area contributed by atoms with E-state index in [0.717, 1.165) is 24.8 Å². The lowest BCUT2D eigenvalue weighted by molar-refractivity contribution is -0.120. The zero-order chi connectivity index (χ0) is 10.4. The highest BCUT2D eigenvalue weighted by atomic mass is 32.2. The molecule has 2 N–H and O–H groups in total. The predicted molar refractivity (Wildman–Crippen MR) is 60.1 cm³/mol. The van der Waals surface area contributed by atoms with Gasteiger partial charge in [-0.2, -0.15) is 0 Å². The first-order chi connectivity index (χ1) is 6.74. The Labute approximate surface area is 89.4 Å². The van der Waals surface area contributed by atoms with Gasteiger partial charge in [-0.15, -0.1) is 18.2 Å². The summed E-state index contributed by atoms with van der Waals surface area (Å²) in [6, 6.07) is 0. The molecule has 1 unspecified atom stereocenters. The maximum Gasteiger partial charge on any atom is 0.233 e. The van der Waals surface area contributed by atoms with Crippen LogP contribution in [0, 0.1) is 18.3 Å². The number of thioether (sulfide) groups is 1. The summed E-state index contributed by atoms with van der Waals surface area (Å²) < 4.78 is 0. The highest BCUT2D eigenvalue weighted by Crippen LogP contribution is 2.17. The lowest BCUT2D eigenvalue weighted by atomic mass is 10.1. The summed E-state index contributed by atoms with van der Waals surface area (Å²) in [5.74, 6) is 4.22. The standard InChI is InChI=1S/C10H16N2OS/c1-3-4-12-10(13)8(2)14-7-9-5-11-6-9/h1,8-9,11H,4-7H2,2H3,(H,12,13). The fourth-order valence-electron chi connectivity index (χ4n) is 1.10. The number of rotatable bonds is 5. The maximum absolute atomic E-state index is 11.4. The zero-order valence-electron chi connectivity index (χ0n) is 8.38. The second kappa shape index (κ2) is 5.94. The molecule has 1 aliphatic rings. The van der Waals surface area contributed by atoms with Gasteiger partial charge in [-0.1, -0.05) is 5.92 Å². The van der Waals surface area contributed by atoms with E-state index in [0.29, 0.717) is 6.54 Å². The quantitative estimate of drug-likeness (QED) is 0.634. The third-order valence-electron chi connectivity index (χ3n) is 2.18. The Hall–Kier alpha value is -0.660. The second-order valence-electron chi connectivity index (χ2n) is 3.42. The molecular formula is C10H16N2OS. The molecule has 0 spiro atoms. The number of hydrogen-bond acceptors (Lipinski definition) is 3. The van der Waals surface area contributed by atoms with Gasteiger partial charge in [0, 0.05) is 0 Å². The molecule has 0 aliphatic carbocycles. The van der Waals surface area contributed by atoms with E-state index < -0.39 is 0 Å². The van der Waals surface area contributed by atoms with Crippen LogP contribution >= 0.6 is 11.8 Å². The molecule has 1 fully saturated rings. The molecule has 4 heteroatoms. The SMILES string of the molecule is C#CCNC(=O)C(C)SCC1CNC1. The predicted octanol–water partition coefficient (Wildman–Crippen LogP) is 0.0769. The van der Waals surface area contributed by atoms with E-state index in [1.165, 1.54) is 0 Å². The van der Waals surface area contributed by atoms with E-state index in [-0.39, 0.29) is 11.2 Å². The summed E-state index contributed by atoms with van der Waals surface area (Å²) in [5.41, 5.74) is 0. The van der Waals surface area contributed by atoms with E-state index in [1.54, 1.807) is 11.8 Å². The van der Waals surface area contributed by atoms with Crippen molar-refractivity contribution in [3.63, 3.8) is 0 Å². The van der Waals surface area contributed by atoms with Crippen LogP contribution in [0.15, 0.2) is 0 Å². The van der Waals surface area contributed by atoms with Crippen LogP contribution in [0.4, 0.5) is 0 Å². The van der Waals surface area contributed by atoms with Crippen molar-refractivity contribution >= 4 is 17.7 Å². The molecule has 14 heavy (non-hydrogen) atoms. The molecule has 1 heterocycles. The summed E-state index contributed by atoms with van der Waals surface area (Å²) in [6.45, 7) is 4.43. The summed E-state index contributed by atoms with van der Waals surface area (Å²) in [7, 11) is 0. The molecule has 3 nitrogen and oxygen atoms in total. The first-order valence-electron chi connectivity index (χ1n) is 4.77. The number of hydrogen-bond donors (Lipinski definition) is 2. The normalized spacial score (nSPS) is 18.0. The molecule has 0 saturated carbocycles. The van der Waals surface area contributed by atoms with Gasteiger partial charge >= 0.3 is 0 Å². The van der Waals surface area contributed by atoms with Gasteiger partial charge in [0.05, 0.1) is 11.8 Å². The van der Waals surface area contributed by atoms with Gasteiger partial charge in [0.1, 0.15) is 0 Å². The molecule has 1 saturated heterocycles. The summed E-state index contributed by atoms with van der Waals surface area (Å²) in [6.07, 6.45) is 5.05. The first-order valence-corrected chi connectivity index (χ1v) is 5.82. The van der Waals surface area contributed by atoms with Crippen LogP contribution in [-0.4, -0.2) is 36.5 Å². The average molecular weight is 212 g/mol. The van der Waals surface area contributed by atoms with Crippen molar-refractivity contribution in [1.29, 1.82) is 0 Å². The van der Waals surface area contributed by atoms with E-state index in [9.17, 15) is 4.79 Å². The third kappa shape index (κ3) is 3.60. The lowest BCUT2D eigenvalue weighted by Crippen LogP contribution is -2.44. The molecule has 1 amide bonds. The van der Waals surface area contributed by atoms with Crippen molar-refractivity contribution in [2.24, 2.45) is 5.92 Å². The van der Waals surface area contributed by atoms with Gasteiger partial charge < -0.3 is 10.6 Å². The minimum absolute atomic E-state index is 0.00366. The number of nitrogens with one attached hydrogen (secondary N) is 2. The van der Waals surface area contributed by atoms with Crippen molar-refractivity contribution in [3.8, 4) is 12.3 Å². The molecule has 1 atom stereocenters. The Morgan fingerprint density at radius 3 is 3.00 bits per heavy atom. The summed E-state index contributed by atoms with van der Waals surface area (Å²) in [4.78, 5) is 11.4. The minimum atomic E-state index is 0.00366. The Bertz CT molecular complexity index is 233. The van der Waals surface area contributed by atoms with Crippen LogP contribution in [0.1, 0.15) is 6.92 Å². The van der Waals surface area contributed by atoms with Crippen molar-refractivity contribution in [3.05, 3.63) is 0 Å². The molecule has 78 valence electrons. The molecule has 0 bridgehead atoms. The van der Waals surface area contributed by atoms with Gasteiger partial charge in [0.2, 0.25) is 5.91 Å². The van der Waals surface area contributed by atoms with Crippen molar-refractivity contribution in [1.82, 2.24) is 10.6 Å². The average Bonchev–Trinajstić information content (AvgIpc) is 2.11. The molecular weight excluding hydrogens is 196 g/mol. The Morgan fingerprint density at radius 1 is 1.79 bits per heavy atom. The fraction of sp³-hybridized carbons (Fsp3) is 0.700. The van der Waals surface area contributed by atoms with E-state index in [2.05, 4.69) is 16.6 Å². The zero-order valence-corrected chi connectivity index (χ0v) is 9.19. The molecule has 0 aromatic rings. The Morgan fingerprint density at radius 2 is 2.50 bits per heavy atom. The van der Waals surface area contributed by atoms with Crippen LogP contribution < -0.4 is 10.6 Å². The number of amides is 1. The largest absolute Gasteiger partial charge is 0.344 e. The molecule has 1 aliphatic heterocycles. The maximum atomic E-state index is 11.4. The van der Waals surface area contributed by atoms with E-state index in [4.69, 9.17) is 6.42 Å². The topological polar surface area (TPSA) is 41.1 Å². The monoisotopic (exact) mass is 212 g/mol. The fourth-order valence-corrected chi connectivity index (χ4v) is 2.14. The number of carbonyl (C=O) groups excluding carboxylic acids is 1. The lowest BCUT2D eigenvalue weighted by Gasteiger charge is -2.27. The number of terminal acetylenes is 1. The first kappa shape index (κ1) is 11.4. The molecule has 1 rings (SSSR count). The molecule has 0 aromatic heterocycles. The van der Waals surface area contributed by atoms with Crippen LogP contribution in [0.25, 0.3) is 0 Å². The van der Waals surface area contributed by atoms with Crippen molar-refractivity contribution < 1.29 is 4.79 Å². The van der Waals surface area contributed by atoms with Crippen LogP contribution in [-0.2, 0) is 4.79 Å². The van der Waals surface area contributed by atoms with Crippen LogP contribution in [0.2, 0.25) is 0 Å². The van der Waals surface area contributed by atoms with Crippen LogP contribution in [0.3, 0.4) is 0 Å². The molecule has 0 radical (unpaired) electrons. The van der Waals surface area contributed by atoms with E-state index in [1.807, 2.05) is 6.92 Å². The highest BCUT2D eigenvalue weighted by Gasteiger charge is 2.20. The molecule has 0 aromatic carbocycles. The Balaban J connectivity index is 2.10. The minimum Gasteiger partial charge on any atom is -0.344 e. The van der Waals surface area contributed by atoms with E-state index >= 15 is 0 Å². The smallest absolute Gasteiger partial charge is 0.233 e. The summed E-state index contributed by atoms with van der Waals surface area (Å²) >= 11 is 1.70. The van der Waals surface area contributed by atoms with Gasteiger partial charge in [-0.05, 0) is 31.7 Å². The second-order valence-corrected chi connectivity index (χ2v) is 4.80. The van der Waals surface area contributed by atoms with Gasteiger partial charge in [-0.25, -0.2) is 0 Å². The van der Waals surface area contributed by atoms with Gasteiger partial charge in [-0.3, -0.25) is 4.79 Å². The Kier molecular flexibility index (Phi) is 4.85. The van der Waals surface area contributed by atoms with Crippen LogP contribution in [0.5, 0.6) is 0 Å². The highest BCUT2D eigenvalue weighted by molar-refractivity contribution is 8.00. The van der Waals surface area contributed by atoms with Gasteiger partial charge in [0.25, 0.3) is 0 Å². The summed E-state index contributed by atoms with van der Waals surface area (Å²) in [5, 5.41) is 5.89. The van der Waals surface area contributed by atoms with Crippen molar-refractivity contribution in [2.75, 3.05) is 25.4 Å².